The highest BCUT2D eigenvalue weighted by Gasteiger charge is 2.27. The number of aromatic nitrogens is 4. The normalized spacial score (nSPS) is 15.0. The number of carbonyl (C=O) groups excluding carboxylic acids is 1. The third-order valence-corrected chi connectivity index (χ3v) is 5.10. The molecule has 28 heavy (non-hydrogen) atoms. The summed E-state index contributed by atoms with van der Waals surface area (Å²) in [6, 6.07) is 9.76. The zero-order chi connectivity index (χ0) is 19.7. The molecule has 0 bridgehead atoms. The topological polar surface area (TPSA) is 89.1 Å². The van der Waals surface area contributed by atoms with Crippen molar-refractivity contribution in [3.05, 3.63) is 53.3 Å². The molecule has 8 nitrogen and oxygen atoms in total. The van der Waals surface area contributed by atoms with E-state index in [2.05, 4.69) is 20.6 Å². The molecular weight excluding hydrogens is 356 g/mol. The van der Waals surface area contributed by atoms with Gasteiger partial charge in [-0.1, -0.05) is 23.4 Å². The number of anilines is 1. The minimum absolute atomic E-state index is 0.113. The maximum atomic E-state index is 12.8. The van der Waals surface area contributed by atoms with Crippen LogP contribution in [0.2, 0.25) is 0 Å². The molecule has 2 aromatic heterocycles. The van der Waals surface area contributed by atoms with Crippen molar-refractivity contribution in [2.75, 3.05) is 18.4 Å². The largest absolute Gasteiger partial charge is 0.340 e. The predicted molar refractivity (Wildman–Crippen MR) is 105 cm³/mol. The number of aryl methyl sites for hydroxylation is 3. The van der Waals surface area contributed by atoms with Crippen molar-refractivity contribution in [2.45, 2.75) is 39.5 Å². The summed E-state index contributed by atoms with van der Waals surface area (Å²) in [5.74, 6) is 2.23. The number of urea groups is 1. The molecule has 1 aromatic carbocycles. The molecule has 1 saturated heterocycles. The lowest BCUT2D eigenvalue weighted by Gasteiger charge is -2.30. The number of hydrogen-bond acceptors (Lipinski definition) is 5. The van der Waals surface area contributed by atoms with E-state index in [1.807, 2.05) is 49.1 Å². The molecule has 0 spiro atoms. The number of nitrogens with one attached hydrogen (secondary N) is 1. The molecule has 146 valence electrons. The highest BCUT2D eigenvalue weighted by Crippen LogP contribution is 2.27. The van der Waals surface area contributed by atoms with Gasteiger partial charge in [0.15, 0.2) is 5.82 Å². The summed E-state index contributed by atoms with van der Waals surface area (Å²) in [4.78, 5) is 19.0. The van der Waals surface area contributed by atoms with Gasteiger partial charge in [-0.3, -0.25) is 5.32 Å². The predicted octanol–water partition coefficient (Wildman–Crippen LogP) is 3.59. The van der Waals surface area contributed by atoms with Crippen LogP contribution >= 0.6 is 0 Å². The molecule has 4 rings (SSSR count). The molecule has 8 heteroatoms. The second kappa shape index (κ2) is 7.46. The Morgan fingerprint density at radius 3 is 2.61 bits per heavy atom. The van der Waals surface area contributed by atoms with Crippen LogP contribution in [0, 0.1) is 20.8 Å². The molecule has 3 heterocycles. The van der Waals surface area contributed by atoms with Gasteiger partial charge in [-0.2, -0.15) is 10.1 Å². The van der Waals surface area contributed by atoms with Gasteiger partial charge in [0.05, 0.1) is 11.4 Å². The standard InChI is InChI=1S/C20H24N6O2/c1-13-6-4-5-7-17(13)26-18(12-14(2)23-26)22-20(27)25-10-8-16(9-11-25)19-21-15(3)28-24-19/h4-7,12,16H,8-11H2,1-3H3,(H,22,27). The van der Waals surface area contributed by atoms with Crippen molar-refractivity contribution < 1.29 is 9.32 Å². The first-order chi connectivity index (χ1) is 13.5. The first kappa shape index (κ1) is 18.2. The third kappa shape index (κ3) is 3.62. The van der Waals surface area contributed by atoms with E-state index < -0.39 is 0 Å². The van der Waals surface area contributed by atoms with Gasteiger partial charge in [0, 0.05) is 32.0 Å². The molecule has 1 N–H and O–H groups in total. The van der Waals surface area contributed by atoms with Gasteiger partial charge in [-0.05, 0) is 38.3 Å². The lowest BCUT2D eigenvalue weighted by atomic mass is 9.96. The zero-order valence-electron chi connectivity index (χ0n) is 16.3. The first-order valence-corrected chi connectivity index (χ1v) is 9.50. The molecule has 1 fully saturated rings. The van der Waals surface area contributed by atoms with Crippen molar-refractivity contribution in [1.82, 2.24) is 24.8 Å². The number of hydrogen-bond donors (Lipinski definition) is 1. The number of likely N-dealkylation sites (tertiary alicyclic amines) is 1. The quantitative estimate of drug-likeness (QED) is 0.750. The van der Waals surface area contributed by atoms with Gasteiger partial charge in [-0.25, -0.2) is 9.48 Å². The van der Waals surface area contributed by atoms with Crippen LogP contribution in [0.25, 0.3) is 5.69 Å². The van der Waals surface area contributed by atoms with E-state index in [9.17, 15) is 4.79 Å². The van der Waals surface area contributed by atoms with E-state index in [0.29, 0.717) is 24.8 Å². The second-order valence-electron chi connectivity index (χ2n) is 7.23. The van der Waals surface area contributed by atoms with Crippen LogP contribution in [0.3, 0.4) is 0 Å². The van der Waals surface area contributed by atoms with Crippen molar-refractivity contribution in [2.24, 2.45) is 0 Å². The summed E-state index contributed by atoms with van der Waals surface area (Å²) in [6.45, 7) is 7.05. The number of nitrogens with zero attached hydrogens (tertiary/aromatic N) is 5. The number of amides is 2. The molecule has 0 saturated carbocycles. The van der Waals surface area contributed by atoms with Crippen LogP contribution in [0.15, 0.2) is 34.9 Å². The van der Waals surface area contributed by atoms with E-state index in [1.165, 1.54) is 0 Å². The van der Waals surface area contributed by atoms with Gasteiger partial charge >= 0.3 is 6.03 Å². The number of piperidine rings is 1. The zero-order valence-corrected chi connectivity index (χ0v) is 16.3. The fourth-order valence-electron chi connectivity index (χ4n) is 3.58. The van der Waals surface area contributed by atoms with Crippen molar-refractivity contribution in [1.29, 1.82) is 0 Å². The Labute approximate surface area is 163 Å². The SMILES string of the molecule is Cc1cc(NC(=O)N2CCC(c3noc(C)n3)CC2)n(-c2ccccc2C)n1. The fraction of sp³-hybridized carbons (Fsp3) is 0.400. The monoisotopic (exact) mass is 380 g/mol. The highest BCUT2D eigenvalue weighted by molar-refractivity contribution is 5.89. The molecule has 0 radical (unpaired) electrons. The van der Waals surface area contributed by atoms with Gasteiger partial charge in [0.2, 0.25) is 5.89 Å². The molecule has 3 aromatic rings. The number of carbonyl (C=O) groups is 1. The lowest BCUT2D eigenvalue weighted by molar-refractivity contribution is 0.193. The summed E-state index contributed by atoms with van der Waals surface area (Å²) in [5.41, 5.74) is 2.90. The summed E-state index contributed by atoms with van der Waals surface area (Å²) in [6.07, 6.45) is 1.64. The molecule has 1 aliphatic rings. The van der Waals surface area contributed by atoms with Gasteiger partial charge in [-0.15, -0.1) is 0 Å². The van der Waals surface area contributed by atoms with E-state index in [1.54, 1.807) is 11.6 Å². The smallest absolute Gasteiger partial charge is 0.323 e. The maximum absolute atomic E-state index is 12.8. The lowest BCUT2D eigenvalue weighted by Crippen LogP contribution is -2.41. The summed E-state index contributed by atoms with van der Waals surface area (Å²) < 4.78 is 6.86. The summed E-state index contributed by atoms with van der Waals surface area (Å²) in [7, 11) is 0. The highest BCUT2D eigenvalue weighted by atomic mass is 16.5. The van der Waals surface area contributed by atoms with Gasteiger partial charge < -0.3 is 9.42 Å². The Balaban J connectivity index is 1.44. The molecule has 2 amide bonds. The van der Waals surface area contributed by atoms with E-state index in [4.69, 9.17) is 4.52 Å². The molecule has 0 aliphatic carbocycles. The second-order valence-corrected chi connectivity index (χ2v) is 7.23. The Hall–Kier alpha value is -3.16. The minimum Gasteiger partial charge on any atom is -0.340 e. The Morgan fingerprint density at radius 1 is 1.18 bits per heavy atom. The van der Waals surface area contributed by atoms with Gasteiger partial charge in [0.1, 0.15) is 5.82 Å². The Kier molecular flexibility index (Phi) is 4.85. The van der Waals surface area contributed by atoms with Crippen LogP contribution in [-0.4, -0.2) is 43.9 Å². The molecular formula is C20H24N6O2. The van der Waals surface area contributed by atoms with Gasteiger partial charge in [0.25, 0.3) is 0 Å². The number of rotatable bonds is 3. The average molecular weight is 380 g/mol. The van der Waals surface area contributed by atoms with Crippen LogP contribution in [0.4, 0.5) is 10.6 Å². The Bertz CT molecular complexity index is 984. The summed E-state index contributed by atoms with van der Waals surface area (Å²) in [5, 5.41) is 11.6. The van der Waals surface area contributed by atoms with Crippen LogP contribution in [0.5, 0.6) is 0 Å². The van der Waals surface area contributed by atoms with Crippen LogP contribution < -0.4 is 5.32 Å². The van der Waals surface area contributed by atoms with Crippen molar-refractivity contribution >= 4 is 11.8 Å². The van der Waals surface area contributed by atoms with Crippen LogP contribution in [0.1, 0.15) is 41.7 Å². The van der Waals surface area contributed by atoms with E-state index in [-0.39, 0.29) is 11.9 Å². The van der Waals surface area contributed by atoms with Crippen molar-refractivity contribution in [3.63, 3.8) is 0 Å². The van der Waals surface area contributed by atoms with E-state index >= 15 is 0 Å². The Morgan fingerprint density at radius 2 is 1.93 bits per heavy atom. The molecule has 1 aliphatic heterocycles. The summed E-state index contributed by atoms with van der Waals surface area (Å²) >= 11 is 0. The maximum Gasteiger partial charge on any atom is 0.323 e. The minimum atomic E-state index is -0.113. The van der Waals surface area contributed by atoms with E-state index in [0.717, 1.165) is 35.6 Å². The average Bonchev–Trinajstić information content (AvgIpc) is 3.28. The molecule has 0 atom stereocenters. The number of para-hydroxylation sites is 1. The van der Waals surface area contributed by atoms with Crippen molar-refractivity contribution in [3.8, 4) is 5.69 Å². The fourth-order valence-corrected chi connectivity index (χ4v) is 3.58. The number of benzene rings is 1. The van der Waals surface area contributed by atoms with Crippen LogP contribution in [-0.2, 0) is 0 Å². The third-order valence-electron chi connectivity index (χ3n) is 5.10. The first-order valence-electron chi connectivity index (χ1n) is 9.50. The molecule has 0 unspecified atom stereocenters.